The van der Waals surface area contributed by atoms with E-state index >= 15 is 0 Å². The van der Waals surface area contributed by atoms with E-state index in [1.807, 2.05) is 10.8 Å². The van der Waals surface area contributed by atoms with Crippen molar-refractivity contribution < 1.29 is 4.74 Å². The molecule has 0 aromatic carbocycles. The molecule has 1 aromatic heterocycles. The second-order valence-corrected chi connectivity index (χ2v) is 2.35. The van der Waals surface area contributed by atoms with Crippen LogP contribution in [0.3, 0.4) is 0 Å². The Morgan fingerprint density at radius 2 is 2.55 bits per heavy atom. The lowest BCUT2D eigenvalue weighted by molar-refractivity contribution is 0.158. The minimum absolute atomic E-state index is 0.211. The van der Waals surface area contributed by atoms with Gasteiger partial charge >= 0.3 is 0 Å². The van der Waals surface area contributed by atoms with Gasteiger partial charge in [0.05, 0.1) is 19.0 Å². The van der Waals surface area contributed by atoms with E-state index in [1.54, 1.807) is 19.6 Å². The second kappa shape index (κ2) is 4.10. The number of aromatic nitrogens is 2. The number of methoxy groups -OCH3 is 1. The molecule has 1 rings (SSSR count). The number of hydrogen-bond acceptors (Lipinski definition) is 3. The Morgan fingerprint density at radius 1 is 1.73 bits per heavy atom. The van der Waals surface area contributed by atoms with Gasteiger partial charge in [-0.2, -0.15) is 0 Å². The summed E-state index contributed by atoms with van der Waals surface area (Å²) in [6.07, 6.45) is 5.37. The summed E-state index contributed by atoms with van der Waals surface area (Å²) >= 11 is 0. The zero-order chi connectivity index (χ0) is 8.10. The Hall–Kier alpha value is -0.870. The minimum atomic E-state index is 0.211. The zero-order valence-electron chi connectivity index (χ0n) is 6.60. The average molecular weight is 155 g/mol. The van der Waals surface area contributed by atoms with Gasteiger partial charge in [0.1, 0.15) is 0 Å². The lowest BCUT2D eigenvalue weighted by Gasteiger charge is -2.14. The normalized spacial score (nSPS) is 13.3. The van der Waals surface area contributed by atoms with E-state index in [2.05, 4.69) is 4.98 Å². The number of nitrogens with two attached hydrogens (primary N) is 1. The number of rotatable bonds is 4. The lowest BCUT2D eigenvalue weighted by atomic mass is 10.3. The van der Waals surface area contributed by atoms with Crippen molar-refractivity contribution in [3.63, 3.8) is 0 Å². The summed E-state index contributed by atoms with van der Waals surface area (Å²) in [7, 11) is 1.67. The third kappa shape index (κ3) is 2.03. The molecule has 0 aliphatic rings. The fraction of sp³-hybridized carbons (Fsp3) is 0.571. The van der Waals surface area contributed by atoms with Crippen molar-refractivity contribution in [1.29, 1.82) is 0 Å². The van der Waals surface area contributed by atoms with Crippen LogP contribution >= 0.6 is 0 Å². The first-order valence-electron chi connectivity index (χ1n) is 3.55. The van der Waals surface area contributed by atoms with Gasteiger partial charge in [0.25, 0.3) is 0 Å². The molecule has 0 saturated carbocycles. The molecular weight excluding hydrogens is 142 g/mol. The minimum Gasteiger partial charge on any atom is -0.382 e. The molecule has 0 spiro atoms. The van der Waals surface area contributed by atoms with E-state index in [0.717, 1.165) is 0 Å². The van der Waals surface area contributed by atoms with E-state index in [0.29, 0.717) is 13.2 Å². The Labute approximate surface area is 66.0 Å². The number of nitrogens with zero attached hydrogens (tertiary/aromatic N) is 2. The van der Waals surface area contributed by atoms with Gasteiger partial charge < -0.3 is 15.0 Å². The van der Waals surface area contributed by atoms with Gasteiger partial charge in [-0.15, -0.1) is 0 Å². The maximum absolute atomic E-state index is 5.52. The van der Waals surface area contributed by atoms with Gasteiger partial charge in [0.2, 0.25) is 0 Å². The largest absolute Gasteiger partial charge is 0.382 e. The van der Waals surface area contributed by atoms with E-state index in [4.69, 9.17) is 10.5 Å². The first kappa shape index (κ1) is 8.23. The molecule has 1 heterocycles. The average Bonchev–Trinajstić information content (AvgIpc) is 2.52. The van der Waals surface area contributed by atoms with Crippen LogP contribution in [0.25, 0.3) is 0 Å². The van der Waals surface area contributed by atoms with Crippen LogP contribution in [0.4, 0.5) is 0 Å². The predicted octanol–water partition coefficient (Wildman–Crippen LogP) is 0.0293. The van der Waals surface area contributed by atoms with Crippen LogP contribution in [0.15, 0.2) is 18.7 Å². The van der Waals surface area contributed by atoms with Crippen LogP contribution in [0.2, 0.25) is 0 Å². The first-order valence-corrected chi connectivity index (χ1v) is 3.55. The molecule has 4 heteroatoms. The highest BCUT2D eigenvalue weighted by Gasteiger charge is 2.05. The van der Waals surface area contributed by atoms with E-state index in [9.17, 15) is 0 Å². The van der Waals surface area contributed by atoms with Crippen molar-refractivity contribution in [2.45, 2.75) is 6.04 Å². The van der Waals surface area contributed by atoms with Crippen LogP contribution in [0, 0.1) is 0 Å². The standard InChI is InChI=1S/C7H13N3O/c1-11-5-7(4-8)10-3-2-9-6-10/h2-3,6-7H,4-5,8H2,1H3. The quantitative estimate of drug-likeness (QED) is 0.667. The molecule has 0 fully saturated rings. The van der Waals surface area contributed by atoms with Crippen LogP contribution in [0.1, 0.15) is 6.04 Å². The number of ether oxygens (including phenoxy) is 1. The Balaban J connectivity index is 2.56. The molecular formula is C7H13N3O. The predicted molar refractivity (Wildman–Crippen MR) is 42.2 cm³/mol. The molecule has 11 heavy (non-hydrogen) atoms. The molecule has 0 radical (unpaired) electrons. The summed E-state index contributed by atoms with van der Waals surface area (Å²) in [6, 6.07) is 0.211. The van der Waals surface area contributed by atoms with Crippen LogP contribution in [-0.4, -0.2) is 29.8 Å². The van der Waals surface area contributed by atoms with E-state index in [-0.39, 0.29) is 6.04 Å². The van der Waals surface area contributed by atoms with Gasteiger partial charge in [-0.25, -0.2) is 4.98 Å². The van der Waals surface area contributed by atoms with Crippen molar-refractivity contribution in [1.82, 2.24) is 9.55 Å². The van der Waals surface area contributed by atoms with Crippen molar-refractivity contribution in [2.75, 3.05) is 20.3 Å². The summed E-state index contributed by atoms with van der Waals surface area (Å²) in [5.41, 5.74) is 5.52. The molecule has 0 bridgehead atoms. The third-order valence-electron chi connectivity index (χ3n) is 1.58. The second-order valence-electron chi connectivity index (χ2n) is 2.35. The third-order valence-corrected chi connectivity index (χ3v) is 1.58. The molecule has 4 nitrogen and oxygen atoms in total. The Kier molecular flexibility index (Phi) is 3.07. The molecule has 0 saturated heterocycles. The topological polar surface area (TPSA) is 53.1 Å². The van der Waals surface area contributed by atoms with E-state index < -0.39 is 0 Å². The monoisotopic (exact) mass is 155 g/mol. The van der Waals surface area contributed by atoms with Gasteiger partial charge in [-0.05, 0) is 0 Å². The summed E-state index contributed by atoms with van der Waals surface area (Å²) in [6.45, 7) is 1.21. The van der Waals surface area contributed by atoms with Crippen molar-refractivity contribution >= 4 is 0 Å². The molecule has 1 atom stereocenters. The highest BCUT2D eigenvalue weighted by Crippen LogP contribution is 2.02. The van der Waals surface area contributed by atoms with Gasteiger partial charge in [0, 0.05) is 26.0 Å². The molecule has 1 unspecified atom stereocenters. The maximum Gasteiger partial charge on any atom is 0.0949 e. The van der Waals surface area contributed by atoms with Gasteiger partial charge in [0.15, 0.2) is 0 Å². The van der Waals surface area contributed by atoms with Gasteiger partial charge in [-0.3, -0.25) is 0 Å². The smallest absolute Gasteiger partial charge is 0.0949 e. The first-order chi connectivity index (χ1) is 5.38. The lowest BCUT2D eigenvalue weighted by Crippen LogP contribution is -2.22. The molecule has 62 valence electrons. The summed E-state index contributed by atoms with van der Waals surface area (Å²) in [4.78, 5) is 3.93. The van der Waals surface area contributed by atoms with E-state index in [1.165, 1.54) is 0 Å². The van der Waals surface area contributed by atoms with Crippen LogP contribution in [-0.2, 0) is 4.74 Å². The summed E-state index contributed by atoms with van der Waals surface area (Å²) in [5, 5.41) is 0. The van der Waals surface area contributed by atoms with Crippen molar-refractivity contribution in [3.8, 4) is 0 Å². The SMILES string of the molecule is COCC(CN)n1ccnc1. The maximum atomic E-state index is 5.52. The molecule has 0 aliphatic heterocycles. The van der Waals surface area contributed by atoms with Crippen LogP contribution in [0.5, 0.6) is 0 Å². The fourth-order valence-corrected chi connectivity index (χ4v) is 0.954. The molecule has 0 aliphatic carbocycles. The summed E-state index contributed by atoms with van der Waals surface area (Å²) in [5.74, 6) is 0. The number of hydrogen-bond donors (Lipinski definition) is 1. The summed E-state index contributed by atoms with van der Waals surface area (Å²) < 4.78 is 6.94. The zero-order valence-corrected chi connectivity index (χ0v) is 6.60. The van der Waals surface area contributed by atoms with Crippen molar-refractivity contribution in [2.24, 2.45) is 5.73 Å². The Morgan fingerprint density at radius 3 is 3.00 bits per heavy atom. The Bertz CT molecular complexity index is 186. The van der Waals surface area contributed by atoms with Gasteiger partial charge in [-0.1, -0.05) is 0 Å². The van der Waals surface area contributed by atoms with Crippen LogP contribution < -0.4 is 5.73 Å². The molecule has 0 amide bonds. The fourth-order valence-electron chi connectivity index (χ4n) is 0.954. The highest BCUT2D eigenvalue weighted by molar-refractivity contribution is 4.80. The highest BCUT2D eigenvalue weighted by atomic mass is 16.5. The number of imidazole rings is 1. The molecule has 2 N–H and O–H groups in total. The van der Waals surface area contributed by atoms with Crippen molar-refractivity contribution in [3.05, 3.63) is 18.7 Å². The molecule has 1 aromatic rings.